The highest BCUT2D eigenvalue weighted by molar-refractivity contribution is 5.75. The fraction of sp³-hybridized carbons (Fsp3) is 0.714. The SMILES string of the molecule is CCOC(Cc1ccc(C2(CNCCCCCCCC(=O)OC(C)(C)C)CC2)cc1)C(=O)OC. The highest BCUT2D eigenvalue weighted by atomic mass is 16.6. The Labute approximate surface area is 206 Å². The largest absolute Gasteiger partial charge is 0.467 e. The van der Waals surface area contributed by atoms with Crippen molar-refractivity contribution in [3.05, 3.63) is 35.4 Å². The van der Waals surface area contributed by atoms with Crippen LogP contribution in [0, 0.1) is 0 Å². The maximum atomic E-state index is 11.9. The standard InChI is InChI=1S/C28H45NO5/c1-6-33-24(26(31)32-5)20-22-13-15-23(16-14-22)28(17-18-28)21-29-19-11-9-7-8-10-12-25(30)34-27(2,3)4/h13-16,24,29H,6-12,17-21H2,1-5H3. The lowest BCUT2D eigenvalue weighted by molar-refractivity contribution is -0.155. The van der Waals surface area contributed by atoms with Crippen LogP contribution in [0.25, 0.3) is 0 Å². The van der Waals surface area contributed by atoms with Gasteiger partial charge in [0.05, 0.1) is 7.11 Å². The number of rotatable bonds is 16. The van der Waals surface area contributed by atoms with E-state index < -0.39 is 6.10 Å². The fourth-order valence-electron chi connectivity index (χ4n) is 4.24. The molecule has 0 saturated heterocycles. The van der Waals surface area contributed by atoms with E-state index in [2.05, 4.69) is 29.6 Å². The second-order valence-corrected chi connectivity index (χ2v) is 10.4. The molecule has 34 heavy (non-hydrogen) atoms. The molecule has 2 rings (SSSR count). The summed E-state index contributed by atoms with van der Waals surface area (Å²) in [7, 11) is 1.40. The first-order valence-electron chi connectivity index (χ1n) is 12.9. The first kappa shape index (κ1) is 28.3. The molecule has 6 heteroatoms. The summed E-state index contributed by atoms with van der Waals surface area (Å²) < 4.78 is 15.7. The van der Waals surface area contributed by atoms with Crippen molar-refractivity contribution in [1.29, 1.82) is 0 Å². The number of hydrogen-bond acceptors (Lipinski definition) is 6. The number of unbranched alkanes of at least 4 members (excludes halogenated alkanes) is 4. The van der Waals surface area contributed by atoms with E-state index in [1.807, 2.05) is 27.7 Å². The summed E-state index contributed by atoms with van der Waals surface area (Å²) in [5.74, 6) is -0.411. The number of esters is 2. The van der Waals surface area contributed by atoms with E-state index in [1.54, 1.807) is 0 Å². The summed E-state index contributed by atoms with van der Waals surface area (Å²) in [6.45, 7) is 10.1. The maximum Gasteiger partial charge on any atom is 0.335 e. The quantitative estimate of drug-likeness (QED) is 0.265. The van der Waals surface area contributed by atoms with Gasteiger partial charge in [-0.3, -0.25) is 4.79 Å². The van der Waals surface area contributed by atoms with E-state index in [0.717, 1.165) is 44.3 Å². The molecular weight excluding hydrogens is 430 g/mol. The van der Waals surface area contributed by atoms with Gasteiger partial charge in [0.2, 0.25) is 0 Å². The van der Waals surface area contributed by atoms with Crippen LogP contribution < -0.4 is 5.32 Å². The van der Waals surface area contributed by atoms with Gasteiger partial charge in [0.15, 0.2) is 6.10 Å². The van der Waals surface area contributed by atoms with E-state index in [9.17, 15) is 9.59 Å². The van der Waals surface area contributed by atoms with Crippen LogP contribution in [0.1, 0.15) is 90.2 Å². The predicted molar refractivity (Wildman–Crippen MR) is 135 cm³/mol. The van der Waals surface area contributed by atoms with Crippen LogP contribution in [0.5, 0.6) is 0 Å². The van der Waals surface area contributed by atoms with Crippen molar-refractivity contribution in [3.8, 4) is 0 Å². The number of carbonyl (C=O) groups excluding carboxylic acids is 2. The number of methoxy groups -OCH3 is 1. The average molecular weight is 476 g/mol. The minimum atomic E-state index is -0.547. The summed E-state index contributed by atoms with van der Waals surface area (Å²) in [6.07, 6.45) is 8.43. The molecule has 1 fully saturated rings. The van der Waals surface area contributed by atoms with Gasteiger partial charge < -0.3 is 19.5 Å². The van der Waals surface area contributed by atoms with Crippen molar-refractivity contribution in [2.24, 2.45) is 0 Å². The molecule has 192 valence electrons. The molecule has 1 saturated carbocycles. The lowest BCUT2D eigenvalue weighted by Crippen LogP contribution is -2.28. The smallest absolute Gasteiger partial charge is 0.335 e. The number of benzene rings is 1. The van der Waals surface area contributed by atoms with Gasteiger partial charge in [-0.15, -0.1) is 0 Å². The lowest BCUT2D eigenvalue weighted by Gasteiger charge is -2.19. The van der Waals surface area contributed by atoms with Crippen LogP contribution >= 0.6 is 0 Å². The van der Waals surface area contributed by atoms with Crippen LogP contribution in [-0.2, 0) is 35.6 Å². The van der Waals surface area contributed by atoms with Gasteiger partial charge in [-0.25, -0.2) is 4.79 Å². The summed E-state index contributed by atoms with van der Waals surface area (Å²) in [5, 5.41) is 3.65. The van der Waals surface area contributed by atoms with Crippen molar-refractivity contribution in [2.75, 3.05) is 26.8 Å². The van der Waals surface area contributed by atoms with Gasteiger partial charge in [-0.05, 0) is 71.0 Å². The second kappa shape index (κ2) is 13.8. The molecule has 0 bridgehead atoms. The maximum absolute atomic E-state index is 11.9. The van der Waals surface area contributed by atoms with Gasteiger partial charge in [0, 0.05) is 31.4 Å². The van der Waals surface area contributed by atoms with E-state index in [0.29, 0.717) is 19.4 Å². The van der Waals surface area contributed by atoms with Crippen LogP contribution in [0.15, 0.2) is 24.3 Å². The first-order valence-corrected chi connectivity index (χ1v) is 12.9. The molecule has 1 aliphatic rings. The molecule has 0 heterocycles. The Morgan fingerprint density at radius 3 is 2.26 bits per heavy atom. The van der Waals surface area contributed by atoms with Crippen molar-refractivity contribution in [2.45, 2.75) is 103 Å². The Bertz CT molecular complexity index is 749. The Morgan fingerprint density at radius 1 is 1.03 bits per heavy atom. The monoisotopic (exact) mass is 475 g/mol. The van der Waals surface area contributed by atoms with Crippen LogP contribution in [0.2, 0.25) is 0 Å². The van der Waals surface area contributed by atoms with Crippen LogP contribution in [0.4, 0.5) is 0 Å². The molecule has 6 nitrogen and oxygen atoms in total. The van der Waals surface area contributed by atoms with Gasteiger partial charge in [0.1, 0.15) is 5.60 Å². The molecule has 1 N–H and O–H groups in total. The van der Waals surface area contributed by atoms with Crippen molar-refractivity contribution >= 4 is 11.9 Å². The highest BCUT2D eigenvalue weighted by Crippen LogP contribution is 2.47. The molecule has 0 spiro atoms. The van der Waals surface area contributed by atoms with Crippen LogP contribution in [-0.4, -0.2) is 50.4 Å². The summed E-state index contributed by atoms with van der Waals surface area (Å²) in [4.78, 5) is 23.6. The van der Waals surface area contributed by atoms with E-state index in [-0.39, 0.29) is 23.0 Å². The van der Waals surface area contributed by atoms with E-state index >= 15 is 0 Å². The molecule has 1 aliphatic carbocycles. The van der Waals surface area contributed by atoms with Gasteiger partial charge >= 0.3 is 11.9 Å². The third-order valence-corrected chi connectivity index (χ3v) is 6.29. The number of hydrogen-bond donors (Lipinski definition) is 1. The lowest BCUT2D eigenvalue weighted by atomic mass is 9.94. The highest BCUT2D eigenvalue weighted by Gasteiger charge is 2.43. The third-order valence-electron chi connectivity index (χ3n) is 6.29. The Kier molecular flexibility index (Phi) is 11.5. The third kappa shape index (κ3) is 10.1. The van der Waals surface area contributed by atoms with Crippen molar-refractivity contribution in [3.63, 3.8) is 0 Å². The van der Waals surface area contributed by atoms with Crippen LogP contribution in [0.3, 0.4) is 0 Å². The molecule has 1 aromatic carbocycles. The Balaban J connectivity index is 1.62. The number of ether oxygens (including phenoxy) is 3. The summed E-state index contributed by atoms with van der Waals surface area (Å²) >= 11 is 0. The molecule has 1 unspecified atom stereocenters. The zero-order valence-corrected chi connectivity index (χ0v) is 21.9. The predicted octanol–water partition coefficient (Wildman–Crippen LogP) is 5.11. The molecule has 0 aliphatic heterocycles. The Morgan fingerprint density at radius 2 is 1.68 bits per heavy atom. The summed E-state index contributed by atoms with van der Waals surface area (Å²) in [5.41, 5.74) is 2.33. The minimum Gasteiger partial charge on any atom is -0.467 e. The zero-order valence-electron chi connectivity index (χ0n) is 21.9. The normalized spacial score (nSPS) is 15.6. The molecule has 0 aromatic heterocycles. The van der Waals surface area contributed by atoms with Gasteiger partial charge in [0.25, 0.3) is 0 Å². The van der Waals surface area contributed by atoms with E-state index in [4.69, 9.17) is 14.2 Å². The minimum absolute atomic E-state index is 0.0884. The first-order chi connectivity index (χ1) is 16.2. The second-order valence-electron chi connectivity index (χ2n) is 10.4. The number of carbonyl (C=O) groups is 2. The fourth-order valence-corrected chi connectivity index (χ4v) is 4.24. The summed E-state index contributed by atoms with van der Waals surface area (Å²) in [6, 6.07) is 8.63. The van der Waals surface area contributed by atoms with Gasteiger partial charge in [-0.2, -0.15) is 0 Å². The molecule has 1 atom stereocenters. The van der Waals surface area contributed by atoms with Gasteiger partial charge in [-0.1, -0.05) is 43.5 Å². The average Bonchev–Trinajstić information content (AvgIpc) is 3.57. The molecular formula is C28H45NO5. The zero-order chi connectivity index (χ0) is 25.0. The molecule has 1 aromatic rings. The molecule has 0 amide bonds. The van der Waals surface area contributed by atoms with E-state index in [1.165, 1.54) is 31.9 Å². The number of nitrogens with one attached hydrogen (secondary N) is 1. The molecule has 0 radical (unpaired) electrons. The van der Waals surface area contributed by atoms with Crippen molar-refractivity contribution < 1.29 is 23.8 Å². The van der Waals surface area contributed by atoms with Crippen molar-refractivity contribution in [1.82, 2.24) is 5.32 Å². The topological polar surface area (TPSA) is 73.9 Å². The Hall–Kier alpha value is -1.92.